The molecule has 2 atom stereocenters. The molecule has 2 unspecified atom stereocenters. The summed E-state index contributed by atoms with van der Waals surface area (Å²) in [5, 5.41) is 0. The molecule has 1 nitrogen and oxygen atoms in total. The Morgan fingerprint density at radius 2 is 2.33 bits per heavy atom. The van der Waals surface area contributed by atoms with Gasteiger partial charge in [-0.1, -0.05) is 23.2 Å². The van der Waals surface area contributed by atoms with Gasteiger partial charge in [-0.15, -0.1) is 0 Å². The van der Waals surface area contributed by atoms with Gasteiger partial charge in [0.05, 0.1) is 6.26 Å². The van der Waals surface area contributed by atoms with E-state index in [0.717, 1.165) is 6.42 Å². The maximum Gasteiger partial charge on any atom is 0.161 e. The molecule has 1 aliphatic carbocycles. The van der Waals surface area contributed by atoms with Crippen LogP contribution in [0.2, 0.25) is 0 Å². The normalized spacial score (nSPS) is 43.3. The van der Waals surface area contributed by atoms with Crippen molar-refractivity contribution in [3.05, 3.63) is 12.3 Å². The molecule has 0 amide bonds. The second-order valence-corrected chi connectivity index (χ2v) is 3.89. The molecule has 1 saturated carbocycles. The first-order valence-corrected chi connectivity index (χ1v) is 3.67. The largest absolute Gasteiger partial charge is 0.495 e. The fourth-order valence-electron chi connectivity index (χ4n) is 1.17. The van der Waals surface area contributed by atoms with Crippen LogP contribution in [0.1, 0.15) is 6.42 Å². The lowest BCUT2D eigenvalue weighted by atomic mass is 10.3. The highest BCUT2D eigenvalue weighted by Crippen LogP contribution is 2.58. The van der Waals surface area contributed by atoms with Gasteiger partial charge in [-0.3, -0.25) is 0 Å². The molecule has 0 aromatic rings. The maximum atomic E-state index is 5.81. The first-order chi connectivity index (χ1) is 4.23. The van der Waals surface area contributed by atoms with E-state index in [0.29, 0.717) is 5.92 Å². The minimum atomic E-state index is -0.594. The predicted molar refractivity (Wildman–Crippen MR) is 36.6 cm³/mol. The Morgan fingerprint density at radius 1 is 1.56 bits per heavy atom. The zero-order valence-corrected chi connectivity index (χ0v) is 6.19. The van der Waals surface area contributed by atoms with Gasteiger partial charge in [0.1, 0.15) is 6.10 Å². The van der Waals surface area contributed by atoms with Crippen LogP contribution in [0.3, 0.4) is 0 Å². The summed E-state index contributed by atoms with van der Waals surface area (Å²) in [6.45, 7) is 0. The average Bonchev–Trinajstić information content (AvgIpc) is 2.39. The summed E-state index contributed by atoms with van der Waals surface area (Å²) < 4.78 is 4.53. The molecule has 2 aliphatic rings. The van der Waals surface area contributed by atoms with Crippen molar-refractivity contribution in [2.24, 2.45) is 5.92 Å². The highest BCUT2D eigenvalue weighted by Gasteiger charge is 2.65. The smallest absolute Gasteiger partial charge is 0.161 e. The summed E-state index contributed by atoms with van der Waals surface area (Å²) in [5.74, 6) is 0.339. The van der Waals surface area contributed by atoms with Crippen molar-refractivity contribution in [1.29, 1.82) is 0 Å². The van der Waals surface area contributed by atoms with Gasteiger partial charge < -0.3 is 4.74 Å². The highest BCUT2D eigenvalue weighted by atomic mass is 35.5. The van der Waals surface area contributed by atoms with Crippen molar-refractivity contribution in [2.45, 2.75) is 16.9 Å². The van der Waals surface area contributed by atoms with E-state index in [-0.39, 0.29) is 6.10 Å². The van der Waals surface area contributed by atoms with Gasteiger partial charge in [0.25, 0.3) is 0 Å². The fourth-order valence-corrected chi connectivity index (χ4v) is 1.86. The molecule has 0 radical (unpaired) electrons. The van der Waals surface area contributed by atoms with E-state index in [1.54, 1.807) is 6.26 Å². The van der Waals surface area contributed by atoms with Crippen LogP contribution in [0.4, 0.5) is 0 Å². The quantitative estimate of drug-likeness (QED) is 0.499. The lowest BCUT2D eigenvalue weighted by Gasteiger charge is -2.00. The molecule has 0 aromatic carbocycles. The van der Waals surface area contributed by atoms with E-state index < -0.39 is 4.33 Å². The van der Waals surface area contributed by atoms with Gasteiger partial charge in [-0.2, -0.15) is 0 Å². The summed E-state index contributed by atoms with van der Waals surface area (Å²) >= 11 is 11.6. The Labute approximate surface area is 63.6 Å². The van der Waals surface area contributed by atoms with Crippen LogP contribution in [0.25, 0.3) is 0 Å². The second-order valence-electron chi connectivity index (χ2n) is 2.45. The minimum Gasteiger partial charge on any atom is -0.495 e. The van der Waals surface area contributed by atoms with E-state index in [4.69, 9.17) is 27.9 Å². The van der Waals surface area contributed by atoms with E-state index in [1.165, 1.54) is 0 Å². The van der Waals surface area contributed by atoms with E-state index >= 15 is 0 Å². The Morgan fingerprint density at radius 3 is 2.78 bits per heavy atom. The Kier molecular flexibility index (Phi) is 1.03. The fraction of sp³-hybridized carbons (Fsp3) is 0.667. The zero-order chi connectivity index (χ0) is 6.48. The molecular weight excluding hydrogens is 159 g/mol. The standard InChI is InChI=1S/C6H6Cl2O/c7-6(8)4-2-1-3-9-5(4)6/h1,3-5H,2H2. The first-order valence-electron chi connectivity index (χ1n) is 2.91. The van der Waals surface area contributed by atoms with Crippen molar-refractivity contribution in [3.8, 4) is 0 Å². The van der Waals surface area contributed by atoms with Crippen LogP contribution in [0.5, 0.6) is 0 Å². The SMILES string of the molecule is ClC1(Cl)C2CC=COC21. The number of hydrogen-bond donors (Lipinski definition) is 0. The molecule has 1 fully saturated rings. The van der Waals surface area contributed by atoms with E-state index in [2.05, 4.69) is 0 Å². The number of ether oxygens (including phenoxy) is 1. The van der Waals surface area contributed by atoms with Gasteiger partial charge in [0.15, 0.2) is 4.33 Å². The third kappa shape index (κ3) is 0.682. The maximum absolute atomic E-state index is 5.81. The third-order valence-corrected chi connectivity index (χ3v) is 2.83. The lowest BCUT2D eigenvalue weighted by Crippen LogP contribution is -1.96. The number of rotatable bonds is 0. The average molecular weight is 165 g/mol. The van der Waals surface area contributed by atoms with Gasteiger partial charge in [0.2, 0.25) is 0 Å². The molecule has 0 aromatic heterocycles. The number of halogens is 2. The minimum absolute atomic E-state index is 0.0610. The molecule has 0 N–H and O–H groups in total. The summed E-state index contributed by atoms with van der Waals surface area (Å²) in [5.41, 5.74) is 0. The van der Waals surface area contributed by atoms with Crippen molar-refractivity contribution >= 4 is 23.2 Å². The van der Waals surface area contributed by atoms with Crippen LogP contribution < -0.4 is 0 Å². The lowest BCUT2D eigenvalue weighted by molar-refractivity contribution is 0.205. The van der Waals surface area contributed by atoms with Crippen molar-refractivity contribution in [3.63, 3.8) is 0 Å². The van der Waals surface area contributed by atoms with Crippen LogP contribution in [-0.4, -0.2) is 10.4 Å². The van der Waals surface area contributed by atoms with Crippen LogP contribution in [0.15, 0.2) is 12.3 Å². The number of fused-ring (bicyclic) bond motifs is 1. The van der Waals surface area contributed by atoms with Gasteiger partial charge in [0, 0.05) is 5.92 Å². The molecule has 0 bridgehead atoms. The van der Waals surface area contributed by atoms with E-state index in [1.807, 2.05) is 6.08 Å². The Bertz CT molecular complexity index is 148. The van der Waals surface area contributed by atoms with E-state index in [9.17, 15) is 0 Å². The molecule has 9 heavy (non-hydrogen) atoms. The molecule has 50 valence electrons. The third-order valence-electron chi connectivity index (χ3n) is 1.84. The molecule has 1 heterocycles. The first kappa shape index (κ1) is 5.87. The summed E-state index contributed by atoms with van der Waals surface area (Å²) in [4.78, 5) is 0. The predicted octanol–water partition coefficient (Wildman–Crippen LogP) is 2.09. The van der Waals surface area contributed by atoms with Crippen LogP contribution >= 0.6 is 23.2 Å². The van der Waals surface area contributed by atoms with Gasteiger partial charge in [-0.05, 0) is 12.5 Å². The summed E-state index contributed by atoms with van der Waals surface area (Å²) in [6, 6.07) is 0. The topological polar surface area (TPSA) is 9.23 Å². The number of hydrogen-bond acceptors (Lipinski definition) is 1. The molecule has 2 rings (SSSR count). The second kappa shape index (κ2) is 1.58. The zero-order valence-electron chi connectivity index (χ0n) is 4.68. The molecule has 1 aliphatic heterocycles. The molecule has 3 heteroatoms. The highest BCUT2D eigenvalue weighted by molar-refractivity contribution is 6.51. The molecule has 0 saturated heterocycles. The monoisotopic (exact) mass is 164 g/mol. The molecule has 0 spiro atoms. The summed E-state index contributed by atoms with van der Waals surface area (Å²) in [7, 11) is 0. The Balaban J connectivity index is 2.14. The van der Waals surface area contributed by atoms with Gasteiger partial charge in [-0.25, -0.2) is 0 Å². The Hall–Kier alpha value is 0.120. The number of alkyl halides is 2. The molecular formula is C6H6Cl2O. The van der Waals surface area contributed by atoms with Crippen LogP contribution in [-0.2, 0) is 4.74 Å². The van der Waals surface area contributed by atoms with Crippen LogP contribution in [0, 0.1) is 5.92 Å². The van der Waals surface area contributed by atoms with Crippen molar-refractivity contribution in [2.75, 3.05) is 0 Å². The van der Waals surface area contributed by atoms with Gasteiger partial charge >= 0.3 is 0 Å². The number of allylic oxidation sites excluding steroid dienone is 1. The van der Waals surface area contributed by atoms with Crippen molar-refractivity contribution in [1.82, 2.24) is 0 Å². The van der Waals surface area contributed by atoms with Crippen molar-refractivity contribution < 1.29 is 4.74 Å². The summed E-state index contributed by atoms with van der Waals surface area (Å²) in [6.07, 6.45) is 4.64.